The molecule has 0 spiro atoms. The molecule has 1 N–H and O–H groups in total. The Labute approximate surface area is 124 Å². The van der Waals surface area contributed by atoms with E-state index in [0.29, 0.717) is 18.5 Å². The lowest BCUT2D eigenvalue weighted by Gasteiger charge is -2.29. The van der Waals surface area contributed by atoms with Crippen LogP contribution in [0.25, 0.3) is 0 Å². The Hall–Kier alpha value is -2.04. The number of phenolic OH excluding ortho intramolecular Hbond substituents is 1. The molecule has 0 saturated carbocycles. The number of benzene rings is 1. The molecule has 1 aromatic carbocycles. The summed E-state index contributed by atoms with van der Waals surface area (Å²) in [7, 11) is 0. The Bertz CT molecular complexity index is 498. The topological polar surface area (TPSA) is 66.8 Å². The highest BCUT2D eigenvalue weighted by atomic mass is 16.5. The van der Waals surface area contributed by atoms with Gasteiger partial charge in [0.25, 0.3) is 0 Å². The van der Waals surface area contributed by atoms with Crippen molar-refractivity contribution in [1.82, 2.24) is 4.90 Å². The quantitative estimate of drug-likeness (QED) is 0.865. The van der Waals surface area contributed by atoms with E-state index in [1.807, 2.05) is 0 Å². The highest BCUT2D eigenvalue weighted by Gasteiger charge is 2.32. The molecule has 1 atom stereocenters. The smallest absolute Gasteiger partial charge is 0.333 e. The number of esters is 1. The number of likely N-dealkylation sites (tertiary alicyclic amines) is 1. The van der Waals surface area contributed by atoms with E-state index in [1.165, 1.54) is 12.1 Å². The zero-order valence-electron chi connectivity index (χ0n) is 12.2. The summed E-state index contributed by atoms with van der Waals surface area (Å²) in [4.78, 5) is 26.2. The summed E-state index contributed by atoms with van der Waals surface area (Å²) < 4.78 is 5.14. The largest absolute Gasteiger partial charge is 0.508 e. The monoisotopic (exact) mass is 291 g/mol. The van der Waals surface area contributed by atoms with Crippen molar-refractivity contribution in [1.29, 1.82) is 0 Å². The van der Waals surface area contributed by atoms with Gasteiger partial charge in [-0.05, 0) is 37.5 Å². The van der Waals surface area contributed by atoms with Gasteiger partial charge in [0.05, 0.1) is 6.61 Å². The Balaban J connectivity index is 2.32. The van der Waals surface area contributed by atoms with Gasteiger partial charge in [0.2, 0.25) is 5.91 Å². The van der Waals surface area contributed by atoms with Gasteiger partial charge in [-0.25, -0.2) is 4.79 Å². The molecule has 2 rings (SSSR count). The highest BCUT2D eigenvalue weighted by Crippen LogP contribution is 2.27. The van der Waals surface area contributed by atoms with Gasteiger partial charge in [-0.2, -0.15) is 0 Å². The number of hydrogen-bond acceptors (Lipinski definition) is 4. The van der Waals surface area contributed by atoms with Gasteiger partial charge in [0.15, 0.2) is 6.04 Å². The zero-order chi connectivity index (χ0) is 15.2. The zero-order valence-corrected chi connectivity index (χ0v) is 12.2. The number of aromatic hydroxyl groups is 1. The van der Waals surface area contributed by atoms with Crippen LogP contribution in [0.4, 0.5) is 0 Å². The summed E-state index contributed by atoms with van der Waals surface area (Å²) in [6.45, 7) is 2.58. The van der Waals surface area contributed by atoms with Crippen molar-refractivity contribution in [3.05, 3.63) is 29.8 Å². The van der Waals surface area contributed by atoms with E-state index in [9.17, 15) is 14.7 Å². The first-order chi connectivity index (χ1) is 10.1. The summed E-state index contributed by atoms with van der Waals surface area (Å²) in [5.41, 5.74) is 0.668. The van der Waals surface area contributed by atoms with Crippen molar-refractivity contribution < 1.29 is 19.4 Å². The molecule has 21 heavy (non-hydrogen) atoms. The van der Waals surface area contributed by atoms with E-state index >= 15 is 0 Å². The van der Waals surface area contributed by atoms with Crippen LogP contribution >= 0.6 is 0 Å². The number of ether oxygens (including phenoxy) is 1. The minimum atomic E-state index is -0.726. The Morgan fingerprint density at radius 1 is 1.29 bits per heavy atom. The van der Waals surface area contributed by atoms with Crippen LogP contribution < -0.4 is 0 Å². The van der Waals surface area contributed by atoms with Crippen molar-refractivity contribution in [2.75, 3.05) is 13.2 Å². The maximum Gasteiger partial charge on any atom is 0.333 e. The first kappa shape index (κ1) is 15.4. The predicted molar refractivity (Wildman–Crippen MR) is 77.7 cm³/mol. The second-order valence-corrected chi connectivity index (χ2v) is 5.14. The molecule has 1 unspecified atom stereocenters. The molecule has 114 valence electrons. The van der Waals surface area contributed by atoms with Gasteiger partial charge in [0, 0.05) is 13.0 Å². The molecule has 0 aliphatic carbocycles. The Morgan fingerprint density at radius 3 is 2.67 bits per heavy atom. The lowest BCUT2D eigenvalue weighted by Crippen LogP contribution is -2.39. The third-order valence-electron chi connectivity index (χ3n) is 3.64. The first-order valence-electron chi connectivity index (χ1n) is 7.38. The van der Waals surface area contributed by atoms with Gasteiger partial charge in [-0.3, -0.25) is 4.79 Å². The van der Waals surface area contributed by atoms with E-state index < -0.39 is 12.0 Å². The van der Waals surface area contributed by atoms with Crippen LogP contribution in [0.15, 0.2) is 24.3 Å². The second-order valence-electron chi connectivity index (χ2n) is 5.14. The van der Waals surface area contributed by atoms with Gasteiger partial charge in [-0.1, -0.05) is 18.6 Å². The Morgan fingerprint density at radius 2 is 2.00 bits per heavy atom. The predicted octanol–water partition coefficient (Wildman–Crippen LogP) is 2.40. The average molecular weight is 291 g/mol. The van der Waals surface area contributed by atoms with E-state index in [0.717, 1.165) is 19.3 Å². The van der Waals surface area contributed by atoms with Crippen LogP contribution in [0.2, 0.25) is 0 Å². The number of rotatable bonds is 4. The third kappa shape index (κ3) is 3.74. The molecule has 0 radical (unpaired) electrons. The molecule has 1 aliphatic heterocycles. The minimum Gasteiger partial charge on any atom is -0.508 e. The normalized spacial score (nSPS) is 17.2. The molecule has 1 saturated heterocycles. The summed E-state index contributed by atoms with van der Waals surface area (Å²) in [5.74, 6) is -0.305. The standard InChI is InChI=1S/C16H21NO4/c1-2-21-16(20)15(12-7-9-13(18)10-8-12)17-11-5-3-4-6-14(17)19/h7-10,15,18H,2-6,11H2,1H3. The third-order valence-corrected chi connectivity index (χ3v) is 3.64. The van der Waals surface area contributed by atoms with Gasteiger partial charge in [-0.15, -0.1) is 0 Å². The molecular formula is C16H21NO4. The van der Waals surface area contributed by atoms with Crippen LogP contribution in [0.5, 0.6) is 5.75 Å². The van der Waals surface area contributed by atoms with Crippen molar-refractivity contribution >= 4 is 11.9 Å². The fourth-order valence-corrected chi connectivity index (χ4v) is 2.60. The van der Waals surface area contributed by atoms with Crippen LogP contribution in [-0.2, 0) is 14.3 Å². The van der Waals surface area contributed by atoms with Crippen LogP contribution in [0.3, 0.4) is 0 Å². The number of amides is 1. The number of phenols is 1. The maximum absolute atomic E-state index is 12.3. The number of carbonyl (C=O) groups excluding carboxylic acids is 2. The molecule has 0 bridgehead atoms. The van der Waals surface area contributed by atoms with Crippen molar-refractivity contribution in [3.63, 3.8) is 0 Å². The molecule has 1 aromatic rings. The first-order valence-corrected chi connectivity index (χ1v) is 7.38. The van der Waals surface area contributed by atoms with E-state index in [2.05, 4.69) is 0 Å². The van der Waals surface area contributed by atoms with Crippen LogP contribution in [0, 0.1) is 0 Å². The fraction of sp³-hybridized carbons (Fsp3) is 0.500. The minimum absolute atomic E-state index is 0.0152. The van der Waals surface area contributed by atoms with Crippen LogP contribution in [0.1, 0.15) is 44.2 Å². The molecule has 5 nitrogen and oxygen atoms in total. The van der Waals surface area contributed by atoms with E-state index in [-0.39, 0.29) is 18.3 Å². The van der Waals surface area contributed by atoms with Gasteiger partial charge < -0.3 is 14.7 Å². The lowest BCUT2D eigenvalue weighted by molar-refractivity contribution is -0.155. The molecule has 1 amide bonds. The van der Waals surface area contributed by atoms with E-state index in [1.54, 1.807) is 24.0 Å². The number of nitrogens with zero attached hydrogens (tertiary/aromatic N) is 1. The number of carbonyl (C=O) groups is 2. The van der Waals surface area contributed by atoms with Crippen molar-refractivity contribution in [2.24, 2.45) is 0 Å². The highest BCUT2D eigenvalue weighted by molar-refractivity contribution is 5.85. The molecule has 5 heteroatoms. The summed E-state index contributed by atoms with van der Waals surface area (Å²) in [6, 6.07) is 5.63. The fourth-order valence-electron chi connectivity index (χ4n) is 2.60. The molecule has 0 aromatic heterocycles. The Kier molecular flexibility index (Phi) is 5.20. The van der Waals surface area contributed by atoms with Gasteiger partial charge in [0.1, 0.15) is 5.75 Å². The van der Waals surface area contributed by atoms with Crippen LogP contribution in [-0.4, -0.2) is 35.0 Å². The summed E-state index contributed by atoms with van der Waals surface area (Å²) in [5, 5.41) is 9.39. The number of hydrogen-bond donors (Lipinski definition) is 1. The molecular weight excluding hydrogens is 270 g/mol. The molecule has 1 fully saturated rings. The van der Waals surface area contributed by atoms with Crippen molar-refractivity contribution in [2.45, 2.75) is 38.6 Å². The summed E-state index contributed by atoms with van der Waals surface area (Å²) in [6.07, 6.45) is 3.21. The molecule has 1 aliphatic rings. The lowest BCUT2D eigenvalue weighted by atomic mass is 10.0. The van der Waals surface area contributed by atoms with Crippen molar-refractivity contribution in [3.8, 4) is 5.75 Å². The molecule has 1 heterocycles. The van der Waals surface area contributed by atoms with E-state index in [4.69, 9.17) is 4.74 Å². The maximum atomic E-state index is 12.3. The second kappa shape index (κ2) is 7.11. The SMILES string of the molecule is CCOC(=O)C(c1ccc(O)cc1)N1CCCCCC1=O. The summed E-state index contributed by atoms with van der Waals surface area (Å²) >= 11 is 0. The average Bonchev–Trinajstić information content (AvgIpc) is 2.67. The van der Waals surface area contributed by atoms with Gasteiger partial charge >= 0.3 is 5.97 Å².